The summed E-state index contributed by atoms with van der Waals surface area (Å²) in [6, 6.07) is 7.41. The van der Waals surface area contributed by atoms with Crippen molar-refractivity contribution in [1.29, 1.82) is 0 Å². The third kappa shape index (κ3) is 2.48. The van der Waals surface area contributed by atoms with Gasteiger partial charge in [0.2, 0.25) is 0 Å². The van der Waals surface area contributed by atoms with Crippen molar-refractivity contribution < 1.29 is 4.79 Å². The normalized spacial score (nSPS) is 12.5. The Morgan fingerprint density at radius 3 is 2.27 bits per heavy atom. The molecule has 0 amide bonds. The SMILES string of the molecule is O=Cc1ccc([C@@H](S)I)cc1. The molecule has 0 aliphatic heterocycles. The second-order valence-electron chi connectivity index (χ2n) is 2.12. The van der Waals surface area contributed by atoms with Crippen molar-refractivity contribution >= 4 is 41.5 Å². The average molecular weight is 278 g/mol. The molecule has 0 heterocycles. The number of hydrogen-bond donors (Lipinski definition) is 1. The number of carbonyl (C=O) groups is 1. The van der Waals surface area contributed by atoms with Crippen LogP contribution >= 0.6 is 35.2 Å². The Hall–Kier alpha value is -0.0300. The van der Waals surface area contributed by atoms with Crippen LogP contribution in [0.2, 0.25) is 0 Å². The van der Waals surface area contributed by atoms with E-state index in [1.54, 1.807) is 12.1 Å². The predicted molar refractivity (Wildman–Crippen MR) is 57.6 cm³/mol. The summed E-state index contributed by atoms with van der Waals surface area (Å²) in [5.74, 6) is 0. The minimum Gasteiger partial charge on any atom is -0.298 e. The minimum atomic E-state index is 0.202. The van der Waals surface area contributed by atoms with Gasteiger partial charge in [0.15, 0.2) is 0 Å². The average Bonchev–Trinajstić information content (AvgIpc) is 2.05. The molecule has 0 N–H and O–H groups in total. The number of hydrogen-bond acceptors (Lipinski definition) is 2. The van der Waals surface area contributed by atoms with Crippen LogP contribution in [0.5, 0.6) is 0 Å². The summed E-state index contributed by atoms with van der Waals surface area (Å²) in [7, 11) is 0. The Bertz CT molecular complexity index is 243. The fraction of sp³-hybridized carbons (Fsp3) is 0.125. The third-order valence-electron chi connectivity index (χ3n) is 1.35. The van der Waals surface area contributed by atoms with Gasteiger partial charge in [-0.2, -0.15) is 12.6 Å². The molecule has 0 spiro atoms. The first-order valence-electron chi connectivity index (χ1n) is 3.11. The molecule has 0 saturated carbocycles. The lowest BCUT2D eigenvalue weighted by Gasteiger charge is -2.01. The quantitative estimate of drug-likeness (QED) is 0.381. The second-order valence-corrected chi connectivity index (χ2v) is 4.87. The van der Waals surface area contributed by atoms with Crippen LogP contribution in [0.3, 0.4) is 0 Å². The smallest absolute Gasteiger partial charge is 0.150 e. The monoisotopic (exact) mass is 278 g/mol. The van der Waals surface area contributed by atoms with E-state index in [9.17, 15) is 4.79 Å². The first-order chi connectivity index (χ1) is 5.24. The van der Waals surface area contributed by atoms with Gasteiger partial charge in [0.1, 0.15) is 6.29 Å². The van der Waals surface area contributed by atoms with Gasteiger partial charge in [0.05, 0.1) is 3.26 Å². The van der Waals surface area contributed by atoms with Gasteiger partial charge in [-0.25, -0.2) is 0 Å². The molecule has 1 rings (SSSR count). The summed E-state index contributed by atoms with van der Waals surface area (Å²) < 4.78 is 0.202. The zero-order chi connectivity index (χ0) is 8.27. The van der Waals surface area contributed by atoms with Gasteiger partial charge in [-0.15, -0.1) is 0 Å². The van der Waals surface area contributed by atoms with Crippen LogP contribution < -0.4 is 0 Å². The molecule has 11 heavy (non-hydrogen) atoms. The number of thiol groups is 1. The highest BCUT2D eigenvalue weighted by atomic mass is 127. The number of alkyl halides is 1. The summed E-state index contributed by atoms with van der Waals surface area (Å²) in [6.45, 7) is 0. The van der Waals surface area contributed by atoms with E-state index >= 15 is 0 Å². The third-order valence-corrected chi connectivity index (χ3v) is 2.36. The van der Waals surface area contributed by atoms with Crippen molar-refractivity contribution in [2.75, 3.05) is 0 Å². The standard InChI is InChI=1S/C8H7IOS/c9-8(11)7-3-1-6(5-10)2-4-7/h1-5,8,11H/t8-/m1/s1. The summed E-state index contributed by atoms with van der Waals surface area (Å²) >= 11 is 6.46. The molecule has 0 aliphatic rings. The van der Waals surface area contributed by atoms with E-state index < -0.39 is 0 Å². The molecular weight excluding hydrogens is 271 g/mol. The van der Waals surface area contributed by atoms with Crippen molar-refractivity contribution in [3.05, 3.63) is 35.4 Å². The molecule has 0 fully saturated rings. The van der Waals surface area contributed by atoms with Gasteiger partial charge in [0, 0.05) is 5.56 Å². The highest BCUT2D eigenvalue weighted by Crippen LogP contribution is 2.26. The Morgan fingerprint density at radius 2 is 1.91 bits per heavy atom. The van der Waals surface area contributed by atoms with Crippen molar-refractivity contribution in [1.82, 2.24) is 0 Å². The molecule has 58 valence electrons. The van der Waals surface area contributed by atoms with Gasteiger partial charge in [-0.05, 0) is 5.56 Å². The van der Waals surface area contributed by atoms with Crippen molar-refractivity contribution in [2.45, 2.75) is 3.26 Å². The molecule has 0 aromatic heterocycles. The fourth-order valence-electron chi connectivity index (χ4n) is 0.733. The maximum Gasteiger partial charge on any atom is 0.150 e. The van der Waals surface area contributed by atoms with Crippen LogP contribution in [0, 0.1) is 0 Å². The predicted octanol–water partition coefficient (Wildman–Crippen LogP) is 2.86. The van der Waals surface area contributed by atoms with Crippen LogP contribution in [0.15, 0.2) is 24.3 Å². The summed E-state index contributed by atoms with van der Waals surface area (Å²) in [5.41, 5.74) is 1.83. The lowest BCUT2D eigenvalue weighted by Crippen LogP contribution is -1.82. The largest absolute Gasteiger partial charge is 0.298 e. The zero-order valence-electron chi connectivity index (χ0n) is 5.70. The first kappa shape index (κ1) is 9.06. The van der Waals surface area contributed by atoms with E-state index in [-0.39, 0.29) is 3.26 Å². The van der Waals surface area contributed by atoms with E-state index in [0.717, 1.165) is 11.8 Å². The van der Waals surface area contributed by atoms with Crippen LogP contribution in [-0.4, -0.2) is 6.29 Å². The minimum absolute atomic E-state index is 0.202. The Labute approximate surface area is 84.7 Å². The molecule has 0 radical (unpaired) electrons. The van der Waals surface area contributed by atoms with E-state index in [1.165, 1.54) is 0 Å². The Balaban J connectivity index is 2.91. The van der Waals surface area contributed by atoms with Crippen molar-refractivity contribution in [2.24, 2.45) is 0 Å². The fourth-order valence-corrected chi connectivity index (χ4v) is 1.32. The molecule has 0 saturated heterocycles. The lowest BCUT2D eigenvalue weighted by atomic mass is 10.2. The summed E-state index contributed by atoms with van der Waals surface area (Å²) in [4.78, 5) is 10.3. The van der Waals surface area contributed by atoms with Gasteiger partial charge in [-0.3, -0.25) is 4.79 Å². The molecule has 1 aromatic carbocycles. The highest BCUT2D eigenvalue weighted by molar-refractivity contribution is 14.1. The molecule has 1 atom stereocenters. The molecule has 0 unspecified atom stereocenters. The van der Waals surface area contributed by atoms with Gasteiger partial charge < -0.3 is 0 Å². The molecule has 3 heteroatoms. The first-order valence-corrected chi connectivity index (χ1v) is 4.87. The zero-order valence-corrected chi connectivity index (χ0v) is 8.75. The molecule has 1 nitrogen and oxygen atoms in total. The number of rotatable bonds is 2. The van der Waals surface area contributed by atoms with Crippen molar-refractivity contribution in [3.63, 3.8) is 0 Å². The number of halogens is 1. The van der Waals surface area contributed by atoms with Crippen LogP contribution in [0.4, 0.5) is 0 Å². The molecule has 0 aliphatic carbocycles. The maximum atomic E-state index is 10.3. The lowest BCUT2D eigenvalue weighted by molar-refractivity contribution is 0.112. The molecule has 0 bridgehead atoms. The topological polar surface area (TPSA) is 17.1 Å². The Morgan fingerprint density at radius 1 is 1.36 bits per heavy atom. The molecule has 1 aromatic rings. The van der Waals surface area contributed by atoms with Crippen LogP contribution in [-0.2, 0) is 0 Å². The number of aldehydes is 1. The van der Waals surface area contributed by atoms with Gasteiger partial charge in [0.25, 0.3) is 0 Å². The van der Waals surface area contributed by atoms with Crippen LogP contribution in [0.1, 0.15) is 19.2 Å². The summed E-state index contributed by atoms with van der Waals surface area (Å²) in [6.07, 6.45) is 0.838. The van der Waals surface area contributed by atoms with E-state index in [1.807, 2.05) is 12.1 Å². The second kappa shape index (κ2) is 4.11. The van der Waals surface area contributed by atoms with Crippen LogP contribution in [0.25, 0.3) is 0 Å². The number of benzene rings is 1. The molecular formula is C8H7IOS. The van der Waals surface area contributed by atoms with Crippen molar-refractivity contribution in [3.8, 4) is 0 Å². The number of carbonyl (C=O) groups excluding carboxylic acids is 1. The van der Waals surface area contributed by atoms with Gasteiger partial charge >= 0.3 is 0 Å². The Kier molecular flexibility index (Phi) is 3.39. The van der Waals surface area contributed by atoms with Gasteiger partial charge in [-0.1, -0.05) is 46.9 Å². The summed E-state index contributed by atoms with van der Waals surface area (Å²) in [5, 5.41) is 0. The van der Waals surface area contributed by atoms with E-state index in [0.29, 0.717) is 5.56 Å². The maximum absolute atomic E-state index is 10.3. The van der Waals surface area contributed by atoms with E-state index in [4.69, 9.17) is 0 Å². The van der Waals surface area contributed by atoms with E-state index in [2.05, 4.69) is 35.2 Å². The highest BCUT2D eigenvalue weighted by Gasteiger charge is 1.99.